The van der Waals surface area contributed by atoms with Gasteiger partial charge in [0, 0.05) is 36.6 Å². The summed E-state index contributed by atoms with van der Waals surface area (Å²) in [7, 11) is 3.47. The molecular formula is C12H16BrFN2O. The minimum atomic E-state index is -0.290. The third kappa shape index (κ3) is 4.44. The summed E-state index contributed by atoms with van der Waals surface area (Å²) in [6.07, 6.45) is 0.419. The van der Waals surface area contributed by atoms with Crippen LogP contribution in [0.4, 0.5) is 4.39 Å². The number of carbonyl (C=O) groups excluding carboxylic acids is 1. The molecule has 94 valence electrons. The molecule has 0 saturated carbocycles. The van der Waals surface area contributed by atoms with Gasteiger partial charge in [-0.3, -0.25) is 4.79 Å². The predicted molar refractivity (Wildman–Crippen MR) is 69.1 cm³/mol. The van der Waals surface area contributed by atoms with Gasteiger partial charge in [0.15, 0.2) is 0 Å². The Morgan fingerprint density at radius 1 is 1.53 bits per heavy atom. The van der Waals surface area contributed by atoms with Gasteiger partial charge in [-0.25, -0.2) is 4.39 Å². The summed E-state index contributed by atoms with van der Waals surface area (Å²) in [5.41, 5.74) is 0.514. The zero-order chi connectivity index (χ0) is 12.8. The number of rotatable bonds is 5. The maximum absolute atomic E-state index is 13.5. The first-order valence-electron chi connectivity index (χ1n) is 5.37. The molecule has 0 saturated heterocycles. The molecule has 1 rings (SSSR count). The Bertz CT molecular complexity index is 398. The van der Waals surface area contributed by atoms with E-state index in [1.807, 2.05) is 0 Å². The van der Waals surface area contributed by atoms with Gasteiger partial charge in [0.1, 0.15) is 5.82 Å². The smallest absolute Gasteiger partial charge is 0.223 e. The van der Waals surface area contributed by atoms with Crippen LogP contribution in [0.3, 0.4) is 0 Å². The average molecular weight is 303 g/mol. The van der Waals surface area contributed by atoms with Crippen LogP contribution in [0.5, 0.6) is 0 Å². The predicted octanol–water partition coefficient (Wildman–Crippen LogP) is 2.16. The lowest BCUT2D eigenvalue weighted by atomic mass is 10.2. The van der Waals surface area contributed by atoms with Gasteiger partial charge >= 0.3 is 0 Å². The number of hydrogen-bond acceptors (Lipinski definition) is 2. The summed E-state index contributed by atoms with van der Waals surface area (Å²) in [4.78, 5) is 13.2. The molecule has 0 bridgehead atoms. The molecular weight excluding hydrogens is 287 g/mol. The Labute approximate surface area is 109 Å². The number of carbonyl (C=O) groups is 1. The van der Waals surface area contributed by atoms with Crippen LogP contribution >= 0.6 is 15.9 Å². The van der Waals surface area contributed by atoms with E-state index in [0.717, 1.165) is 4.47 Å². The monoisotopic (exact) mass is 302 g/mol. The Morgan fingerprint density at radius 3 is 2.88 bits per heavy atom. The van der Waals surface area contributed by atoms with Crippen molar-refractivity contribution in [2.45, 2.75) is 13.0 Å². The number of nitrogens with one attached hydrogen (secondary N) is 1. The van der Waals surface area contributed by atoms with Crippen molar-refractivity contribution in [2.75, 3.05) is 20.6 Å². The Kier molecular flexibility index (Phi) is 5.58. The second-order valence-electron chi connectivity index (χ2n) is 3.84. The highest BCUT2D eigenvalue weighted by atomic mass is 79.9. The van der Waals surface area contributed by atoms with Crippen molar-refractivity contribution in [3.8, 4) is 0 Å². The Morgan fingerprint density at radius 2 is 2.24 bits per heavy atom. The van der Waals surface area contributed by atoms with Crippen LogP contribution in [0.1, 0.15) is 12.0 Å². The summed E-state index contributed by atoms with van der Waals surface area (Å²) in [5, 5.41) is 2.91. The first-order valence-corrected chi connectivity index (χ1v) is 6.16. The van der Waals surface area contributed by atoms with E-state index in [4.69, 9.17) is 0 Å². The SMILES string of the molecule is CNCCC(=O)N(C)Cc1cc(Br)ccc1F. The lowest BCUT2D eigenvalue weighted by molar-refractivity contribution is -0.130. The van der Waals surface area contributed by atoms with Crippen LogP contribution < -0.4 is 5.32 Å². The number of hydrogen-bond donors (Lipinski definition) is 1. The third-order valence-corrected chi connectivity index (χ3v) is 2.92. The molecule has 0 unspecified atom stereocenters. The maximum Gasteiger partial charge on any atom is 0.223 e. The minimum absolute atomic E-state index is 0.00118. The van der Waals surface area contributed by atoms with Crippen molar-refractivity contribution in [3.05, 3.63) is 34.1 Å². The van der Waals surface area contributed by atoms with Gasteiger partial charge in [0.25, 0.3) is 0 Å². The third-order valence-electron chi connectivity index (χ3n) is 2.43. The van der Waals surface area contributed by atoms with E-state index < -0.39 is 0 Å². The van der Waals surface area contributed by atoms with Crippen molar-refractivity contribution in [1.82, 2.24) is 10.2 Å². The van der Waals surface area contributed by atoms with E-state index in [1.54, 1.807) is 26.2 Å². The number of benzene rings is 1. The van der Waals surface area contributed by atoms with Crippen molar-refractivity contribution in [2.24, 2.45) is 0 Å². The zero-order valence-corrected chi connectivity index (χ0v) is 11.6. The first kappa shape index (κ1) is 14.1. The van der Waals surface area contributed by atoms with E-state index in [-0.39, 0.29) is 18.3 Å². The van der Waals surface area contributed by atoms with E-state index in [1.165, 1.54) is 11.0 Å². The summed E-state index contributed by atoms with van der Waals surface area (Å²) in [5.74, 6) is -0.291. The van der Waals surface area contributed by atoms with Crippen LogP contribution in [-0.4, -0.2) is 31.4 Å². The maximum atomic E-state index is 13.5. The fraction of sp³-hybridized carbons (Fsp3) is 0.417. The molecule has 0 spiro atoms. The molecule has 0 aliphatic heterocycles. The first-order chi connectivity index (χ1) is 8.04. The molecule has 0 atom stereocenters. The van der Waals surface area contributed by atoms with Gasteiger partial charge in [-0.15, -0.1) is 0 Å². The lowest BCUT2D eigenvalue weighted by Crippen LogP contribution is -2.29. The standard InChI is InChI=1S/C12H16BrFN2O/c1-15-6-5-12(17)16(2)8-9-7-10(13)3-4-11(9)14/h3-4,7,15H,5-6,8H2,1-2H3. The molecule has 5 heteroatoms. The number of amides is 1. The van der Waals surface area contributed by atoms with Gasteiger partial charge in [0.2, 0.25) is 5.91 Å². The van der Waals surface area contributed by atoms with Crippen LogP contribution in [-0.2, 0) is 11.3 Å². The van der Waals surface area contributed by atoms with Crippen LogP contribution in [0.25, 0.3) is 0 Å². The average Bonchev–Trinajstić information content (AvgIpc) is 2.30. The molecule has 0 aliphatic rings. The molecule has 0 radical (unpaired) electrons. The van der Waals surface area contributed by atoms with Crippen molar-refractivity contribution < 1.29 is 9.18 Å². The molecule has 1 aromatic rings. The van der Waals surface area contributed by atoms with Crippen molar-refractivity contribution in [1.29, 1.82) is 0 Å². The molecule has 1 aromatic carbocycles. The second-order valence-corrected chi connectivity index (χ2v) is 4.75. The van der Waals surface area contributed by atoms with E-state index >= 15 is 0 Å². The van der Waals surface area contributed by atoms with Crippen LogP contribution in [0.15, 0.2) is 22.7 Å². The normalized spacial score (nSPS) is 10.4. The number of nitrogens with zero attached hydrogens (tertiary/aromatic N) is 1. The minimum Gasteiger partial charge on any atom is -0.341 e. The van der Waals surface area contributed by atoms with Crippen LogP contribution in [0, 0.1) is 5.82 Å². The van der Waals surface area contributed by atoms with Crippen molar-refractivity contribution >= 4 is 21.8 Å². The fourth-order valence-corrected chi connectivity index (χ4v) is 1.84. The summed E-state index contributed by atoms with van der Waals surface area (Å²) in [6.45, 7) is 0.915. The molecule has 0 fully saturated rings. The number of halogens is 2. The molecule has 0 heterocycles. The van der Waals surface area contributed by atoms with Gasteiger partial charge in [-0.1, -0.05) is 15.9 Å². The summed E-state index contributed by atoms with van der Waals surface area (Å²) < 4.78 is 14.3. The Hall–Kier alpha value is -0.940. The van der Waals surface area contributed by atoms with E-state index in [0.29, 0.717) is 18.5 Å². The van der Waals surface area contributed by atoms with Gasteiger partial charge in [-0.2, -0.15) is 0 Å². The Balaban J connectivity index is 2.64. The summed E-state index contributed by atoms with van der Waals surface area (Å²) >= 11 is 3.29. The molecule has 0 aromatic heterocycles. The highest BCUT2D eigenvalue weighted by Gasteiger charge is 2.11. The molecule has 3 nitrogen and oxygen atoms in total. The molecule has 0 aliphatic carbocycles. The van der Waals surface area contributed by atoms with E-state index in [9.17, 15) is 9.18 Å². The largest absolute Gasteiger partial charge is 0.341 e. The van der Waals surface area contributed by atoms with Gasteiger partial charge in [-0.05, 0) is 25.2 Å². The van der Waals surface area contributed by atoms with Crippen LogP contribution in [0.2, 0.25) is 0 Å². The van der Waals surface area contributed by atoms with Gasteiger partial charge < -0.3 is 10.2 Å². The van der Waals surface area contributed by atoms with E-state index in [2.05, 4.69) is 21.2 Å². The van der Waals surface area contributed by atoms with Gasteiger partial charge in [0.05, 0.1) is 0 Å². The molecule has 1 amide bonds. The molecule has 1 N–H and O–H groups in total. The molecule has 17 heavy (non-hydrogen) atoms. The fourth-order valence-electron chi connectivity index (χ4n) is 1.43. The quantitative estimate of drug-likeness (QED) is 0.904. The zero-order valence-electron chi connectivity index (χ0n) is 9.96. The highest BCUT2D eigenvalue weighted by molar-refractivity contribution is 9.10. The second kappa shape index (κ2) is 6.71. The van der Waals surface area contributed by atoms with Crippen molar-refractivity contribution in [3.63, 3.8) is 0 Å². The summed E-state index contributed by atoms with van der Waals surface area (Å²) in [6, 6.07) is 4.73. The lowest BCUT2D eigenvalue weighted by Gasteiger charge is -2.17. The topological polar surface area (TPSA) is 32.3 Å². The highest BCUT2D eigenvalue weighted by Crippen LogP contribution is 2.17.